The molecule has 1 saturated heterocycles. The van der Waals surface area contributed by atoms with Gasteiger partial charge in [-0.25, -0.2) is 0 Å². The van der Waals surface area contributed by atoms with Gasteiger partial charge >= 0.3 is 0 Å². The molecule has 1 unspecified atom stereocenters. The van der Waals surface area contributed by atoms with Crippen molar-refractivity contribution in [3.8, 4) is 0 Å². The maximum atomic E-state index is 12.0. The highest BCUT2D eigenvalue weighted by molar-refractivity contribution is 5.85. The van der Waals surface area contributed by atoms with Gasteiger partial charge in [-0.1, -0.05) is 6.92 Å². The molecule has 1 aliphatic rings. The second kappa shape index (κ2) is 7.27. The van der Waals surface area contributed by atoms with E-state index in [-0.39, 0.29) is 24.3 Å². The Morgan fingerprint density at radius 2 is 2.24 bits per heavy atom. The first kappa shape index (κ1) is 14.0. The third kappa shape index (κ3) is 4.73. The van der Waals surface area contributed by atoms with Crippen LogP contribution >= 0.6 is 0 Å². The molecule has 1 aliphatic heterocycles. The predicted octanol–water partition coefficient (Wildman–Crippen LogP) is -0.0294. The summed E-state index contributed by atoms with van der Waals surface area (Å²) in [7, 11) is 1.70. The van der Waals surface area contributed by atoms with E-state index < -0.39 is 0 Å². The standard InChI is InChI=1S/C12H23N3O2/c1-3-6-14-11(16)9-15(2)12(17)10-5-4-7-13-8-10/h10,13H,3-9H2,1-2H3,(H,14,16). The zero-order valence-corrected chi connectivity index (χ0v) is 10.8. The summed E-state index contributed by atoms with van der Waals surface area (Å²) in [5, 5.41) is 5.98. The lowest BCUT2D eigenvalue weighted by Crippen LogP contribution is -2.45. The van der Waals surface area contributed by atoms with Gasteiger partial charge in [0.1, 0.15) is 0 Å². The molecule has 0 aromatic carbocycles. The molecule has 0 aromatic rings. The summed E-state index contributed by atoms with van der Waals surface area (Å²) >= 11 is 0. The molecular weight excluding hydrogens is 218 g/mol. The summed E-state index contributed by atoms with van der Waals surface area (Å²) < 4.78 is 0. The number of rotatable bonds is 5. The van der Waals surface area contributed by atoms with Crippen molar-refractivity contribution < 1.29 is 9.59 Å². The van der Waals surface area contributed by atoms with Gasteiger partial charge < -0.3 is 15.5 Å². The van der Waals surface area contributed by atoms with Crippen molar-refractivity contribution in [1.29, 1.82) is 0 Å². The molecule has 17 heavy (non-hydrogen) atoms. The first-order valence-corrected chi connectivity index (χ1v) is 6.37. The molecule has 0 aromatic heterocycles. The van der Waals surface area contributed by atoms with Crippen molar-refractivity contribution in [2.75, 3.05) is 33.2 Å². The predicted molar refractivity (Wildman–Crippen MR) is 66.5 cm³/mol. The maximum absolute atomic E-state index is 12.0. The monoisotopic (exact) mass is 241 g/mol. The quantitative estimate of drug-likeness (QED) is 0.710. The minimum Gasteiger partial charge on any atom is -0.355 e. The van der Waals surface area contributed by atoms with Crippen molar-refractivity contribution in [3.05, 3.63) is 0 Å². The SMILES string of the molecule is CCCNC(=O)CN(C)C(=O)C1CCCNC1. The molecule has 0 aliphatic carbocycles. The summed E-state index contributed by atoms with van der Waals surface area (Å²) in [5.41, 5.74) is 0. The minimum absolute atomic E-state index is 0.0349. The fraction of sp³-hybridized carbons (Fsp3) is 0.833. The molecule has 98 valence electrons. The zero-order valence-electron chi connectivity index (χ0n) is 10.8. The lowest BCUT2D eigenvalue weighted by Gasteiger charge is -2.26. The summed E-state index contributed by atoms with van der Waals surface area (Å²) in [6.45, 7) is 4.56. The highest BCUT2D eigenvalue weighted by atomic mass is 16.2. The molecule has 5 heteroatoms. The van der Waals surface area contributed by atoms with Gasteiger partial charge in [0.25, 0.3) is 0 Å². The average Bonchev–Trinajstić information content (AvgIpc) is 2.36. The smallest absolute Gasteiger partial charge is 0.239 e. The largest absolute Gasteiger partial charge is 0.355 e. The van der Waals surface area contributed by atoms with Crippen LogP contribution in [-0.2, 0) is 9.59 Å². The van der Waals surface area contributed by atoms with Crippen molar-refractivity contribution in [3.63, 3.8) is 0 Å². The van der Waals surface area contributed by atoms with Gasteiger partial charge in [0.15, 0.2) is 0 Å². The maximum Gasteiger partial charge on any atom is 0.239 e. The van der Waals surface area contributed by atoms with Gasteiger partial charge in [-0.05, 0) is 25.8 Å². The second-order valence-corrected chi connectivity index (χ2v) is 4.59. The molecule has 2 amide bonds. The number of hydrogen-bond donors (Lipinski definition) is 2. The number of carbonyl (C=O) groups is 2. The van der Waals surface area contributed by atoms with Crippen molar-refractivity contribution in [2.45, 2.75) is 26.2 Å². The van der Waals surface area contributed by atoms with Gasteiger partial charge in [0.05, 0.1) is 12.5 Å². The van der Waals surface area contributed by atoms with Crippen LogP contribution in [0.25, 0.3) is 0 Å². The van der Waals surface area contributed by atoms with Crippen LogP contribution in [-0.4, -0.2) is 49.9 Å². The Hall–Kier alpha value is -1.10. The Kier molecular flexibility index (Phi) is 5.97. The lowest BCUT2D eigenvalue weighted by atomic mass is 9.98. The van der Waals surface area contributed by atoms with E-state index in [9.17, 15) is 9.59 Å². The van der Waals surface area contributed by atoms with E-state index in [0.29, 0.717) is 6.54 Å². The first-order chi connectivity index (χ1) is 8.15. The molecule has 0 bridgehead atoms. The molecule has 1 atom stereocenters. The van der Waals surface area contributed by atoms with Gasteiger partial charge in [0, 0.05) is 20.1 Å². The highest BCUT2D eigenvalue weighted by Crippen LogP contribution is 2.12. The van der Waals surface area contributed by atoms with Crippen LogP contribution in [0.3, 0.4) is 0 Å². The van der Waals surface area contributed by atoms with Gasteiger partial charge in [0.2, 0.25) is 11.8 Å². The van der Waals surface area contributed by atoms with Crippen molar-refractivity contribution in [2.24, 2.45) is 5.92 Å². The van der Waals surface area contributed by atoms with Crippen LogP contribution in [0.4, 0.5) is 0 Å². The summed E-state index contributed by atoms with van der Waals surface area (Å²) in [5.74, 6) is 0.0306. The van der Waals surface area contributed by atoms with Crippen molar-refractivity contribution >= 4 is 11.8 Å². The second-order valence-electron chi connectivity index (χ2n) is 4.59. The van der Waals surface area contributed by atoms with Crippen LogP contribution in [0.2, 0.25) is 0 Å². The molecule has 1 heterocycles. The number of piperidine rings is 1. The lowest BCUT2D eigenvalue weighted by molar-refractivity contribution is -0.138. The zero-order chi connectivity index (χ0) is 12.7. The molecular formula is C12H23N3O2. The fourth-order valence-corrected chi connectivity index (χ4v) is 1.99. The first-order valence-electron chi connectivity index (χ1n) is 6.37. The number of nitrogens with zero attached hydrogens (tertiary/aromatic N) is 1. The topological polar surface area (TPSA) is 61.4 Å². The number of likely N-dealkylation sites (N-methyl/N-ethyl adjacent to an activating group) is 1. The average molecular weight is 241 g/mol. The van der Waals surface area contributed by atoms with Gasteiger partial charge in [-0.15, -0.1) is 0 Å². The summed E-state index contributed by atoms with van der Waals surface area (Å²) in [6, 6.07) is 0. The summed E-state index contributed by atoms with van der Waals surface area (Å²) in [4.78, 5) is 25.0. The molecule has 0 spiro atoms. The third-order valence-electron chi connectivity index (χ3n) is 2.98. The van der Waals surface area contributed by atoms with Crippen LogP contribution < -0.4 is 10.6 Å². The number of amides is 2. The van der Waals surface area contributed by atoms with Crippen LogP contribution in [0.1, 0.15) is 26.2 Å². The van der Waals surface area contributed by atoms with Crippen molar-refractivity contribution in [1.82, 2.24) is 15.5 Å². The Morgan fingerprint density at radius 1 is 1.47 bits per heavy atom. The van der Waals surface area contributed by atoms with E-state index >= 15 is 0 Å². The van der Waals surface area contributed by atoms with Crippen LogP contribution in [0.5, 0.6) is 0 Å². The van der Waals surface area contributed by atoms with E-state index in [1.807, 2.05) is 6.92 Å². The van der Waals surface area contributed by atoms with Gasteiger partial charge in [-0.3, -0.25) is 9.59 Å². The van der Waals surface area contributed by atoms with E-state index in [2.05, 4.69) is 10.6 Å². The highest BCUT2D eigenvalue weighted by Gasteiger charge is 2.24. The summed E-state index contributed by atoms with van der Waals surface area (Å²) in [6.07, 6.45) is 2.87. The fourth-order valence-electron chi connectivity index (χ4n) is 1.99. The van der Waals surface area contributed by atoms with E-state index in [1.54, 1.807) is 7.05 Å². The minimum atomic E-state index is -0.0773. The third-order valence-corrected chi connectivity index (χ3v) is 2.98. The molecule has 5 nitrogen and oxygen atoms in total. The molecule has 1 fully saturated rings. The molecule has 1 rings (SSSR count). The van der Waals surface area contributed by atoms with E-state index in [1.165, 1.54) is 4.90 Å². The Balaban J connectivity index is 2.32. The van der Waals surface area contributed by atoms with Crippen LogP contribution in [0, 0.1) is 5.92 Å². The normalized spacial score (nSPS) is 19.8. The Morgan fingerprint density at radius 3 is 2.82 bits per heavy atom. The van der Waals surface area contributed by atoms with E-state index in [0.717, 1.165) is 32.4 Å². The number of carbonyl (C=O) groups excluding carboxylic acids is 2. The molecule has 0 radical (unpaired) electrons. The number of nitrogens with one attached hydrogen (secondary N) is 2. The van der Waals surface area contributed by atoms with Crippen LogP contribution in [0.15, 0.2) is 0 Å². The Bertz CT molecular complexity index is 262. The molecule has 2 N–H and O–H groups in total. The molecule has 0 saturated carbocycles. The van der Waals surface area contributed by atoms with Gasteiger partial charge in [-0.2, -0.15) is 0 Å². The van der Waals surface area contributed by atoms with E-state index in [4.69, 9.17) is 0 Å². The number of hydrogen-bond acceptors (Lipinski definition) is 3. The Labute approximate surface area is 103 Å².